The van der Waals surface area contributed by atoms with Crippen LogP contribution in [0.3, 0.4) is 0 Å². The first-order valence-electron chi connectivity index (χ1n) is 12.1. The van der Waals surface area contributed by atoms with Crippen LogP contribution in [0.5, 0.6) is 5.75 Å². The first-order valence-corrected chi connectivity index (χ1v) is 14.5. The van der Waals surface area contributed by atoms with Crippen molar-refractivity contribution in [3.63, 3.8) is 0 Å². The van der Waals surface area contributed by atoms with E-state index in [0.29, 0.717) is 30.7 Å². The smallest absolute Gasteiger partial charge is 0.276 e. The number of halogens is 5. The minimum absolute atomic E-state index is 0.171. The monoisotopic (exact) mass is 617 g/mol. The number of carbonyl (C=O) groups excluding carboxylic acids is 1. The summed E-state index contributed by atoms with van der Waals surface area (Å²) in [6.07, 6.45) is -3.55. The Labute approximate surface area is 230 Å². The maximum Gasteiger partial charge on any atom is 0.276 e. The molecule has 1 aromatic carbocycles. The first-order chi connectivity index (χ1) is 18.9. The van der Waals surface area contributed by atoms with Crippen molar-refractivity contribution in [3.8, 4) is 5.75 Å². The zero-order chi connectivity index (χ0) is 29.4. The van der Waals surface area contributed by atoms with Gasteiger partial charge in [0.1, 0.15) is 22.7 Å². The number of hydrogen-bond acceptors (Lipinski definition) is 10. The summed E-state index contributed by atoms with van der Waals surface area (Å²) in [4.78, 5) is 12.2. The maximum atomic E-state index is 15.0. The molecule has 2 aromatic rings. The number of thioether (sulfide) groups is 1. The number of benzene rings is 1. The quantitative estimate of drug-likeness (QED) is 0.141. The van der Waals surface area contributed by atoms with Gasteiger partial charge in [0.15, 0.2) is 5.03 Å². The summed E-state index contributed by atoms with van der Waals surface area (Å²) < 4.78 is 101. The molecular weight excluding hydrogens is 589 g/mol. The molecule has 18 heteroatoms. The molecule has 1 amide bonds. The fraction of sp³-hybridized carbons (Fsp3) is 0.591. The Kier molecular flexibility index (Phi) is 11.4. The summed E-state index contributed by atoms with van der Waals surface area (Å²) in [5.74, 6) is -3.35. The molecule has 0 aliphatic heterocycles. The number of aromatic nitrogens is 2. The van der Waals surface area contributed by atoms with Gasteiger partial charge >= 0.3 is 0 Å². The van der Waals surface area contributed by atoms with Crippen LogP contribution in [-0.2, 0) is 10.0 Å². The number of nitrogens with one attached hydrogen (secondary N) is 3. The molecule has 1 heterocycles. The average Bonchev–Trinajstić information content (AvgIpc) is 3.39. The molecule has 0 saturated heterocycles. The van der Waals surface area contributed by atoms with Gasteiger partial charge in [-0.05, 0) is 35.1 Å². The Balaban J connectivity index is 1.84. The molecule has 1 aromatic heterocycles. The number of methoxy groups -OCH3 is 1. The third kappa shape index (κ3) is 8.40. The number of sulfonamides is 1. The second kappa shape index (κ2) is 14.3. The minimum Gasteiger partial charge on any atom is -0.495 e. The van der Waals surface area contributed by atoms with Gasteiger partial charge in [0.25, 0.3) is 12.3 Å². The molecule has 0 spiro atoms. The number of rotatable bonds is 14. The third-order valence-corrected chi connectivity index (χ3v) is 8.49. The highest BCUT2D eigenvalue weighted by Gasteiger charge is 2.34. The third-order valence-electron chi connectivity index (χ3n) is 6.09. The lowest BCUT2D eigenvalue weighted by Crippen LogP contribution is -2.52. The topological polar surface area (TPSA) is 156 Å². The van der Waals surface area contributed by atoms with E-state index in [1.165, 1.54) is 0 Å². The minimum atomic E-state index is -4.57. The number of aliphatic hydroxyl groups is 1. The van der Waals surface area contributed by atoms with E-state index < -0.39 is 75.5 Å². The molecule has 224 valence electrons. The highest BCUT2D eigenvalue weighted by atomic mass is 32.2. The average molecular weight is 618 g/mol. The normalized spacial score (nSPS) is 16.2. The summed E-state index contributed by atoms with van der Waals surface area (Å²) >= 11 is 0.562. The fourth-order valence-corrected chi connectivity index (χ4v) is 6.04. The Morgan fingerprint density at radius 1 is 1.18 bits per heavy atom. The number of nitrogens with zero attached hydrogens (tertiary/aromatic N) is 2. The number of amides is 1. The highest BCUT2D eigenvalue weighted by Crippen LogP contribution is 2.33. The van der Waals surface area contributed by atoms with Gasteiger partial charge in [-0.3, -0.25) is 4.79 Å². The van der Waals surface area contributed by atoms with Crippen LogP contribution in [0.1, 0.15) is 42.6 Å². The number of anilines is 1. The van der Waals surface area contributed by atoms with Crippen LogP contribution in [0.2, 0.25) is 0 Å². The second-order valence-electron chi connectivity index (χ2n) is 8.83. The molecule has 11 nitrogen and oxygen atoms in total. The lowest BCUT2D eigenvalue weighted by Gasteiger charge is -2.34. The van der Waals surface area contributed by atoms with E-state index in [4.69, 9.17) is 4.74 Å². The fourth-order valence-electron chi connectivity index (χ4n) is 4.24. The zero-order valence-electron chi connectivity index (χ0n) is 21.1. The van der Waals surface area contributed by atoms with Gasteiger partial charge in [-0.15, -0.1) is 0 Å². The largest absolute Gasteiger partial charge is 0.495 e. The van der Waals surface area contributed by atoms with Crippen molar-refractivity contribution in [1.29, 1.82) is 0 Å². The molecule has 0 radical (unpaired) electrons. The summed E-state index contributed by atoms with van der Waals surface area (Å²) in [6.45, 7) is -1.20. The highest BCUT2D eigenvalue weighted by molar-refractivity contribution is 7.99. The van der Waals surface area contributed by atoms with E-state index in [1.54, 1.807) is 4.72 Å². The van der Waals surface area contributed by atoms with Crippen LogP contribution in [0.25, 0.3) is 0 Å². The van der Waals surface area contributed by atoms with E-state index >= 15 is 0 Å². The predicted octanol–water partition coefficient (Wildman–Crippen LogP) is 3.23. The van der Waals surface area contributed by atoms with Gasteiger partial charge in [0.05, 0.1) is 31.1 Å². The maximum absolute atomic E-state index is 15.0. The van der Waals surface area contributed by atoms with Crippen molar-refractivity contribution in [2.24, 2.45) is 5.92 Å². The van der Waals surface area contributed by atoms with Gasteiger partial charge in [-0.1, -0.05) is 31.0 Å². The molecule has 3 rings (SSSR count). The lowest BCUT2D eigenvalue weighted by atomic mass is 9.83. The number of hydrogen-bond donors (Lipinski definition) is 4. The Morgan fingerprint density at radius 3 is 2.50 bits per heavy atom. The van der Waals surface area contributed by atoms with Gasteiger partial charge in [-0.25, -0.2) is 39.7 Å². The number of alkyl halides is 4. The molecule has 1 aliphatic carbocycles. The van der Waals surface area contributed by atoms with Crippen LogP contribution in [0.15, 0.2) is 26.7 Å². The number of aliphatic hydroxyl groups excluding tert-OH is 1. The van der Waals surface area contributed by atoms with E-state index in [2.05, 4.69) is 25.6 Å². The molecule has 2 atom stereocenters. The summed E-state index contributed by atoms with van der Waals surface area (Å²) in [7, 11) is -3.48. The molecule has 0 unspecified atom stereocenters. The predicted molar refractivity (Wildman–Crippen MR) is 133 cm³/mol. The van der Waals surface area contributed by atoms with Crippen LogP contribution >= 0.6 is 11.8 Å². The molecule has 1 aliphatic rings. The van der Waals surface area contributed by atoms with Crippen LogP contribution in [-0.4, -0.2) is 74.3 Å². The molecule has 1 fully saturated rings. The summed E-state index contributed by atoms with van der Waals surface area (Å²) in [5.41, 5.74) is -0.763. The van der Waals surface area contributed by atoms with E-state index in [9.17, 15) is 40.3 Å². The summed E-state index contributed by atoms with van der Waals surface area (Å²) in [5, 5.41) is 22.9. The van der Waals surface area contributed by atoms with Crippen molar-refractivity contribution in [3.05, 3.63) is 23.6 Å². The van der Waals surface area contributed by atoms with Crippen molar-refractivity contribution in [2.45, 2.75) is 67.1 Å². The van der Waals surface area contributed by atoms with Gasteiger partial charge in [0, 0.05) is 6.07 Å². The second-order valence-corrected chi connectivity index (χ2v) is 11.6. The SMILES string of the molecule is COc1cc(N[C@@H](O)[C@@H](NC(=O)c2nonc2SCC(F)F)C2CCCCC2)c(F)cc1S(=O)(=O)NCC(F)F. The van der Waals surface area contributed by atoms with E-state index in [-0.39, 0.29) is 16.6 Å². The Bertz CT molecular complexity index is 1250. The summed E-state index contributed by atoms with van der Waals surface area (Å²) in [6, 6.07) is 0.443. The molecular formula is C22H28F5N5O6S2. The van der Waals surface area contributed by atoms with Gasteiger partial charge < -0.3 is 20.5 Å². The molecule has 4 N–H and O–H groups in total. The van der Waals surface area contributed by atoms with Crippen molar-refractivity contribution in [1.82, 2.24) is 20.4 Å². The zero-order valence-corrected chi connectivity index (χ0v) is 22.7. The van der Waals surface area contributed by atoms with Crippen molar-refractivity contribution >= 4 is 33.4 Å². The number of ether oxygens (including phenoxy) is 1. The molecule has 40 heavy (non-hydrogen) atoms. The van der Waals surface area contributed by atoms with Gasteiger partial charge in [0.2, 0.25) is 22.1 Å². The van der Waals surface area contributed by atoms with Crippen LogP contribution in [0.4, 0.5) is 27.6 Å². The van der Waals surface area contributed by atoms with Crippen molar-refractivity contribution in [2.75, 3.05) is 24.7 Å². The standard InChI is InChI=1S/C22H28F5N5O6S2/c1-37-14-8-13(12(23)7-15(14)40(35,36)28-9-16(24)25)29-20(33)18(11-5-3-2-4-6-11)30-21(34)19-22(32-38-31-19)39-10-17(26)27/h7-8,11,16-18,20,28-29,33H,2-6,9-10H2,1H3,(H,30,34)/t18-,20-/m0/s1. The van der Waals surface area contributed by atoms with Crippen LogP contribution in [0, 0.1) is 11.7 Å². The van der Waals surface area contributed by atoms with Crippen molar-refractivity contribution < 1.29 is 49.6 Å². The van der Waals surface area contributed by atoms with Crippen LogP contribution < -0.4 is 20.1 Å². The first kappa shape index (κ1) is 31.8. The molecule has 0 bridgehead atoms. The lowest BCUT2D eigenvalue weighted by molar-refractivity contribution is 0.0740. The van der Waals surface area contributed by atoms with Gasteiger partial charge in [-0.2, -0.15) is 0 Å². The Morgan fingerprint density at radius 2 is 1.88 bits per heavy atom. The van der Waals surface area contributed by atoms with E-state index in [0.717, 1.165) is 32.4 Å². The van der Waals surface area contributed by atoms with E-state index in [1.807, 2.05) is 0 Å². The molecule has 1 saturated carbocycles. The number of carbonyl (C=O) groups is 1. The Hall–Kier alpha value is -2.70.